The monoisotopic (exact) mass is 382 g/mol. The Kier molecular flexibility index (Phi) is 6.04. The lowest BCUT2D eigenvalue weighted by molar-refractivity contribution is -0.797. The summed E-state index contributed by atoms with van der Waals surface area (Å²) in [6.45, 7) is 5.94. The summed E-state index contributed by atoms with van der Waals surface area (Å²) in [7, 11) is 1.75. The van der Waals surface area contributed by atoms with Crippen LogP contribution in [-0.4, -0.2) is 28.7 Å². The van der Waals surface area contributed by atoms with Gasteiger partial charge in [0.25, 0.3) is 4.98 Å². The third-order valence-electron chi connectivity index (χ3n) is 5.98. The van der Waals surface area contributed by atoms with Gasteiger partial charge < -0.3 is 0 Å². The third-order valence-corrected chi connectivity index (χ3v) is 5.98. The number of rotatable bonds is 6. The van der Waals surface area contributed by atoms with E-state index in [1.165, 1.54) is 11.1 Å². The summed E-state index contributed by atoms with van der Waals surface area (Å²) < 4.78 is 0. The Morgan fingerprint density at radius 2 is 1.43 bits per heavy atom. The van der Waals surface area contributed by atoms with Gasteiger partial charge in [-0.1, -0.05) is 60.7 Å². The first-order chi connectivity index (χ1) is 13.3. The molecule has 1 N–H and O–H groups in total. The van der Waals surface area contributed by atoms with E-state index in [1.54, 1.807) is 12.1 Å². The molecule has 3 rings (SSSR count). The maximum atomic E-state index is 12.2. The number of benzene rings is 2. The number of hydrogen-bond acceptors (Lipinski definition) is 2. The molecule has 150 valence electrons. The van der Waals surface area contributed by atoms with Crippen LogP contribution < -0.4 is 5.59 Å². The number of hydrogen-bond donors (Lipinski definition) is 1. The van der Waals surface area contributed by atoms with Crippen molar-refractivity contribution >= 4 is 0 Å². The van der Waals surface area contributed by atoms with Crippen LogP contribution in [0.3, 0.4) is 0 Å². The molecule has 0 atom stereocenters. The van der Waals surface area contributed by atoms with E-state index in [-0.39, 0.29) is 17.1 Å². The summed E-state index contributed by atoms with van der Waals surface area (Å²) in [5.74, 6) is 0. The molecule has 0 unspecified atom stereocenters. The highest BCUT2D eigenvalue weighted by atomic mass is 16.7. The summed E-state index contributed by atoms with van der Waals surface area (Å²) in [5.41, 5.74) is 5.00. The highest BCUT2D eigenvalue weighted by molar-refractivity contribution is 5.39. The molecular formula is C23H32N3O2+. The van der Waals surface area contributed by atoms with Crippen molar-refractivity contribution in [2.24, 2.45) is 0 Å². The van der Waals surface area contributed by atoms with E-state index < -0.39 is 0 Å². The minimum atomic E-state index is -0.277. The molecule has 2 aromatic carbocycles. The molecule has 0 radical (unpaired) electrons. The van der Waals surface area contributed by atoms with Crippen molar-refractivity contribution in [3.8, 4) is 0 Å². The van der Waals surface area contributed by atoms with Crippen molar-refractivity contribution < 1.29 is 9.82 Å². The van der Waals surface area contributed by atoms with Crippen LogP contribution >= 0.6 is 0 Å². The van der Waals surface area contributed by atoms with Crippen molar-refractivity contribution in [3.63, 3.8) is 0 Å². The predicted octanol–water partition coefficient (Wildman–Crippen LogP) is 4.78. The zero-order chi connectivity index (χ0) is 20.2. The summed E-state index contributed by atoms with van der Waals surface area (Å²) in [6.07, 6.45) is 3.78. The molecule has 0 spiro atoms. The molecule has 0 saturated heterocycles. The zero-order valence-corrected chi connectivity index (χ0v) is 17.4. The topological polar surface area (TPSA) is 44.6 Å². The normalized spacial score (nSPS) is 17.1. The van der Waals surface area contributed by atoms with E-state index in [2.05, 4.69) is 66.3 Å². The van der Waals surface area contributed by atoms with Gasteiger partial charge in [-0.3, -0.25) is 0 Å². The molecule has 0 aromatic heterocycles. The van der Waals surface area contributed by atoms with Crippen molar-refractivity contribution in [1.29, 1.82) is 0 Å². The van der Waals surface area contributed by atoms with Crippen LogP contribution in [0.15, 0.2) is 60.7 Å². The molecule has 0 heterocycles. The second kappa shape index (κ2) is 8.31. The second-order valence-corrected chi connectivity index (χ2v) is 8.69. The molecule has 5 nitrogen and oxygen atoms in total. The summed E-state index contributed by atoms with van der Waals surface area (Å²) in [5, 5.41) is 1.58. The van der Waals surface area contributed by atoms with Gasteiger partial charge >= 0.3 is 0 Å². The molecule has 5 heteroatoms. The van der Waals surface area contributed by atoms with Crippen LogP contribution in [-0.2, 0) is 10.3 Å². The van der Waals surface area contributed by atoms with Gasteiger partial charge in [0, 0.05) is 11.0 Å². The van der Waals surface area contributed by atoms with Crippen LogP contribution in [0.1, 0.15) is 57.6 Å². The average molecular weight is 383 g/mol. The molecule has 1 fully saturated rings. The lowest BCUT2D eigenvalue weighted by Crippen LogP contribution is -2.50. The minimum absolute atomic E-state index is 0.00172. The van der Waals surface area contributed by atoms with E-state index in [1.807, 2.05) is 20.8 Å². The SMILES string of the molecule is CN([N+](=O)NOC1CCC(c2ccccc2)(c2ccccc2)CC1)C(C)(C)C. The number of nitroso groups, excluding NO2 is 1. The van der Waals surface area contributed by atoms with Gasteiger partial charge in [0.05, 0.1) is 23.6 Å². The lowest BCUT2D eigenvalue weighted by Gasteiger charge is -2.40. The van der Waals surface area contributed by atoms with Crippen molar-refractivity contribution in [2.75, 3.05) is 7.05 Å². The summed E-state index contributed by atoms with van der Waals surface area (Å²) in [6, 6.07) is 21.5. The Labute approximate surface area is 168 Å². The van der Waals surface area contributed by atoms with Crippen LogP contribution in [0.4, 0.5) is 0 Å². The Balaban J connectivity index is 1.68. The van der Waals surface area contributed by atoms with Crippen LogP contribution in [0, 0.1) is 4.91 Å². The fourth-order valence-electron chi connectivity index (χ4n) is 3.91. The van der Waals surface area contributed by atoms with Gasteiger partial charge in [0.2, 0.25) is 0 Å². The highest BCUT2D eigenvalue weighted by Gasteiger charge is 2.39. The van der Waals surface area contributed by atoms with Gasteiger partial charge in [-0.25, -0.2) is 4.84 Å². The fourth-order valence-corrected chi connectivity index (χ4v) is 3.91. The van der Waals surface area contributed by atoms with E-state index in [0.29, 0.717) is 4.98 Å². The Bertz CT molecular complexity index is 722. The molecule has 1 aliphatic rings. The summed E-state index contributed by atoms with van der Waals surface area (Å²) in [4.78, 5) is 18.6. The van der Waals surface area contributed by atoms with Gasteiger partial charge in [0.15, 0.2) is 0 Å². The van der Waals surface area contributed by atoms with Gasteiger partial charge in [0.1, 0.15) is 0 Å². The van der Waals surface area contributed by atoms with Crippen LogP contribution in [0.2, 0.25) is 0 Å². The summed E-state index contributed by atoms with van der Waals surface area (Å²) >= 11 is 0. The fraction of sp³-hybridized carbons (Fsp3) is 0.478. The van der Waals surface area contributed by atoms with E-state index in [0.717, 1.165) is 25.7 Å². The van der Waals surface area contributed by atoms with Crippen LogP contribution in [0.5, 0.6) is 0 Å². The molecule has 0 amide bonds. The predicted molar refractivity (Wildman–Crippen MR) is 111 cm³/mol. The third kappa shape index (κ3) is 4.36. The quantitative estimate of drug-likeness (QED) is 0.577. The van der Waals surface area contributed by atoms with Crippen molar-refractivity contribution in [2.45, 2.75) is 63.5 Å². The van der Waals surface area contributed by atoms with Crippen molar-refractivity contribution in [1.82, 2.24) is 10.6 Å². The first-order valence-corrected chi connectivity index (χ1v) is 10.1. The maximum Gasteiger partial charge on any atom is 0.274 e. The Morgan fingerprint density at radius 1 is 0.964 bits per heavy atom. The minimum Gasteiger partial charge on any atom is -0.219 e. The first kappa shape index (κ1) is 20.3. The molecule has 0 bridgehead atoms. The Morgan fingerprint density at radius 3 is 1.86 bits per heavy atom. The number of nitrogens with zero attached hydrogens (tertiary/aromatic N) is 2. The molecule has 1 saturated carbocycles. The van der Waals surface area contributed by atoms with E-state index in [9.17, 15) is 4.91 Å². The number of hydrazine groups is 2. The lowest BCUT2D eigenvalue weighted by atomic mass is 9.65. The molecule has 1 aliphatic carbocycles. The molecular weight excluding hydrogens is 350 g/mol. The van der Waals surface area contributed by atoms with Crippen LogP contribution in [0.25, 0.3) is 0 Å². The zero-order valence-electron chi connectivity index (χ0n) is 17.4. The second-order valence-electron chi connectivity index (χ2n) is 8.69. The standard InChI is InChI=1S/C23H32N3O2/c1-22(2,3)25(4)26(27)24-28-21-15-17-23(18-16-21,19-11-7-5-8-12-19)20-13-9-6-10-14-20/h5-14,21H,15-18H2,1-4H3,(H,24,27)/q+1. The Hall–Kier alpha value is -2.40. The largest absolute Gasteiger partial charge is 0.274 e. The highest BCUT2D eigenvalue weighted by Crippen LogP contribution is 2.45. The number of nitrogens with one attached hydrogen (secondary N) is 1. The van der Waals surface area contributed by atoms with Gasteiger partial charge in [-0.15, -0.1) is 5.01 Å². The van der Waals surface area contributed by atoms with Crippen molar-refractivity contribution in [3.05, 3.63) is 76.7 Å². The van der Waals surface area contributed by atoms with Gasteiger partial charge in [-0.2, -0.15) is 0 Å². The van der Waals surface area contributed by atoms with Gasteiger partial charge in [-0.05, 0) is 57.6 Å². The van der Waals surface area contributed by atoms with E-state index in [4.69, 9.17) is 4.84 Å². The maximum absolute atomic E-state index is 12.2. The molecule has 0 aliphatic heterocycles. The molecule has 28 heavy (non-hydrogen) atoms. The van der Waals surface area contributed by atoms with E-state index >= 15 is 0 Å². The first-order valence-electron chi connectivity index (χ1n) is 10.1. The molecule has 2 aromatic rings. The average Bonchev–Trinajstić information content (AvgIpc) is 2.72. The smallest absolute Gasteiger partial charge is 0.219 e.